The number of carbonyl (C=O) groups is 1. The molecule has 0 aromatic carbocycles. The monoisotopic (exact) mass is 172 g/mol. The van der Waals surface area contributed by atoms with Gasteiger partial charge >= 0.3 is 5.97 Å². The lowest BCUT2D eigenvalue weighted by Gasteiger charge is -1.97. The van der Waals surface area contributed by atoms with Crippen molar-refractivity contribution in [3.05, 3.63) is 11.8 Å². The largest absolute Gasteiger partial charge is 0.512 e. The van der Waals surface area contributed by atoms with Crippen molar-refractivity contribution in [1.82, 2.24) is 0 Å². The average molecular weight is 172 g/mol. The second-order valence-corrected chi connectivity index (χ2v) is 2.78. The summed E-state index contributed by atoms with van der Waals surface area (Å²) >= 11 is 0. The van der Waals surface area contributed by atoms with Gasteiger partial charge in [0.1, 0.15) is 0 Å². The van der Waals surface area contributed by atoms with Crippen molar-refractivity contribution in [2.75, 3.05) is 0 Å². The molecule has 0 atom stereocenters. The van der Waals surface area contributed by atoms with Crippen LogP contribution < -0.4 is 0 Å². The minimum atomic E-state index is -1.08. The number of carboxylic acids is 1. The summed E-state index contributed by atoms with van der Waals surface area (Å²) < 4.78 is 0. The van der Waals surface area contributed by atoms with E-state index in [0.29, 0.717) is 6.42 Å². The zero-order valence-corrected chi connectivity index (χ0v) is 7.42. The molecule has 0 rings (SSSR count). The van der Waals surface area contributed by atoms with E-state index in [0.717, 1.165) is 31.8 Å². The van der Waals surface area contributed by atoms with Gasteiger partial charge in [-0.2, -0.15) is 0 Å². The molecular formula is C9H16O3. The van der Waals surface area contributed by atoms with Crippen molar-refractivity contribution in [3.8, 4) is 0 Å². The van der Waals surface area contributed by atoms with E-state index in [2.05, 4.69) is 6.92 Å². The summed E-state index contributed by atoms with van der Waals surface area (Å²) in [5.41, 5.74) is 0. The summed E-state index contributed by atoms with van der Waals surface area (Å²) in [4.78, 5) is 10.1. The van der Waals surface area contributed by atoms with E-state index in [1.807, 2.05) is 0 Å². The lowest BCUT2D eigenvalue weighted by molar-refractivity contribution is -0.131. The van der Waals surface area contributed by atoms with Crippen LogP contribution in [0.25, 0.3) is 0 Å². The third-order valence-electron chi connectivity index (χ3n) is 1.58. The van der Waals surface area contributed by atoms with Crippen LogP contribution in [0.5, 0.6) is 0 Å². The summed E-state index contributed by atoms with van der Waals surface area (Å²) in [5.74, 6) is -1.11. The highest BCUT2D eigenvalue weighted by Gasteiger charge is 1.96. The van der Waals surface area contributed by atoms with Crippen LogP contribution in [0.4, 0.5) is 0 Å². The van der Waals surface area contributed by atoms with E-state index in [-0.39, 0.29) is 5.76 Å². The second kappa shape index (κ2) is 6.70. The summed E-state index contributed by atoms with van der Waals surface area (Å²) in [6.07, 6.45) is 5.53. The average Bonchev–Trinajstić information content (AvgIpc) is 1.97. The normalized spacial score (nSPS) is 11.6. The Morgan fingerprint density at radius 1 is 1.25 bits per heavy atom. The van der Waals surface area contributed by atoms with E-state index >= 15 is 0 Å². The minimum Gasteiger partial charge on any atom is -0.512 e. The summed E-state index contributed by atoms with van der Waals surface area (Å²) in [6.45, 7) is 2.10. The van der Waals surface area contributed by atoms with Gasteiger partial charge < -0.3 is 10.2 Å². The number of allylic oxidation sites excluding steroid dienone is 1. The van der Waals surface area contributed by atoms with Crippen LogP contribution in [0.3, 0.4) is 0 Å². The molecule has 3 heteroatoms. The van der Waals surface area contributed by atoms with Crippen LogP contribution in [0.15, 0.2) is 11.8 Å². The maximum absolute atomic E-state index is 10.1. The quantitative estimate of drug-likeness (QED) is 0.367. The van der Waals surface area contributed by atoms with Crippen molar-refractivity contribution in [2.24, 2.45) is 0 Å². The third kappa shape index (κ3) is 7.12. The van der Waals surface area contributed by atoms with Gasteiger partial charge in [-0.3, -0.25) is 0 Å². The summed E-state index contributed by atoms with van der Waals surface area (Å²) in [6, 6.07) is 0. The molecule has 12 heavy (non-hydrogen) atoms. The number of carboxylic acid groups (broad SMARTS) is 1. The van der Waals surface area contributed by atoms with E-state index < -0.39 is 5.97 Å². The molecule has 2 N–H and O–H groups in total. The van der Waals surface area contributed by atoms with Gasteiger partial charge in [-0.05, 0) is 6.42 Å². The molecule has 0 aromatic rings. The van der Waals surface area contributed by atoms with E-state index in [9.17, 15) is 4.79 Å². The molecule has 3 nitrogen and oxygen atoms in total. The minimum absolute atomic E-state index is 0.0291. The zero-order chi connectivity index (χ0) is 9.40. The molecule has 0 aliphatic rings. The van der Waals surface area contributed by atoms with Crippen molar-refractivity contribution in [1.29, 1.82) is 0 Å². The number of aliphatic carboxylic acids is 1. The Morgan fingerprint density at radius 2 is 1.92 bits per heavy atom. The molecule has 70 valence electrons. The molecule has 0 saturated carbocycles. The van der Waals surface area contributed by atoms with Crippen LogP contribution in [0.2, 0.25) is 0 Å². The van der Waals surface area contributed by atoms with Gasteiger partial charge in [-0.1, -0.05) is 26.2 Å². The fourth-order valence-electron chi connectivity index (χ4n) is 0.948. The molecule has 0 saturated heterocycles. The standard InChI is InChI=1S/C9H16O3/c1-2-3-4-5-6-8(10)7-9(11)12/h7,10H,2-6H2,1H3,(H,11,12). The van der Waals surface area contributed by atoms with Gasteiger partial charge in [-0.15, -0.1) is 0 Å². The van der Waals surface area contributed by atoms with Crippen LogP contribution in [-0.2, 0) is 4.79 Å². The van der Waals surface area contributed by atoms with Crippen LogP contribution in [0.1, 0.15) is 39.0 Å². The number of rotatable bonds is 6. The molecule has 0 amide bonds. The highest BCUT2D eigenvalue weighted by atomic mass is 16.4. The highest BCUT2D eigenvalue weighted by molar-refractivity contribution is 5.80. The predicted octanol–water partition coefficient (Wildman–Crippen LogP) is 2.48. The maximum atomic E-state index is 10.1. The van der Waals surface area contributed by atoms with Gasteiger partial charge in [0.25, 0.3) is 0 Å². The molecule has 0 aliphatic carbocycles. The second-order valence-electron chi connectivity index (χ2n) is 2.78. The number of unbranched alkanes of at least 4 members (excludes halogenated alkanes) is 3. The predicted molar refractivity (Wildman–Crippen MR) is 47.1 cm³/mol. The highest BCUT2D eigenvalue weighted by Crippen LogP contribution is 2.07. The van der Waals surface area contributed by atoms with E-state index in [1.165, 1.54) is 0 Å². The Bertz CT molecular complexity index is 161. The van der Waals surface area contributed by atoms with Crippen molar-refractivity contribution in [3.63, 3.8) is 0 Å². The van der Waals surface area contributed by atoms with E-state index in [4.69, 9.17) is 10.2 Å². The molecule has 0 radical (unpaired) electrons. The third-order valence-corrected chi connectivity index (χ3v) is 1.58. The Balaban J connectivity index is 3.43. The lowest BCUT2D eigenvalue weighted by atomic mass is 10.1. The summed E-state index contributed by atoms with van der Waals surface area (Å²) in [5, 5.41) is 17.2. The zero-order valence-electron chi connectivity index (χ0n) is 7.42. The first-order valence-corrected chi connectivity index (χ1v) is 4.29. The van der Waals surface area contributed by atoms with Crippen LogP contribution in [0, 0.1) is 0 Å². The molecule has 0 bridgehead atoms. The topological polar surface area (TPSA) is 57.5 Å². The summed E-state index contributed by atoms with van der Waals surface area (Å²) in [7, 11) is 0. The van der Waals surface area contributed by atoms with Gasteiger partial charge in [0.05, 0.1) is 11.8 Å². The molecule has 0 aliphatic heterocycles. The number of aliphatic hydroxyl groups is 1. The van der Waals surface area contributed by atoms with Crippen molar-refractivity contribution in [2.45, 2.75) is 39.0 Å². The molecule has 0 fully saturated rings. The lowest BCUT2D eigenvalue weighted by Crippen LogP contribution is -1.92. The van der Waals surface area contributed by atoms with Gasteiger partial charge in [0, 0.05) is 6.42 Å². The van der Waals surface area contributed by atoms with Gasteiger partial charge in [0.15, 0.2) is 0 Å². The van der Waals surface area contributed by atoms with Gasteiger partial charge in [0.2, 0.25) is 0 Å². The first kappa shape index (κ1) is 11.0. The van der Waals surface area contributed by atoms with Crippen LogP contribution in [-0.4, -0.2) is 16.2 Å². The molecular weight excluding hydrogens is 156 g/mol. The number of aliphatic hydroxyl groups excluding tert-OH is 1. The number of hydrogen-bond acceptors (Lipinski definition) is 2. The molecule has 0 spiro atoms. The van der Waals surface area contributed by atoms with Gasteiger partial charge in [-0.25, -0.2) is 4.79 Å². The fraction of sp³-hybridized carbons (Fsp3) is 0.667. The SMILES string of the molecule is CCCCCCC(O)=CC(=O)O. The Labute approximate surface area is 72.7 Å². The van der Waals surface area contributed by atoms with E-state index in [1.54, 1.807) is 0 Å². The Hall–Kier alpha value is -0.990. The fourth-order valence-corrected chi connectivity index (χ4v) is 0.948. The molecule has 0 unspecified atom stereocenters. The Morgan fingerprint density at radius 3 is 2.42 bits per heavy atom. The first-order chi connectivity index (χ1) is 5.66. The molecule has 0 aromatic heterocycles. The maximum Gasteiger partial charge on any atom is 0.331 e. The van der Waals surface area contributed by atoms with Crippen molar-refractivity contribution >= 4 is 5.97 Å². The molecule has 0 heterocycles. The first-order valence-electron chi connectivity index (χ1n) is 4.29. The van der Waals surface area contributed by atoms with Crippen LogP contribution >= 0.6 is 0 Å². The Kier molecular flexibility index (Phi) is 6.15. The van der Waals surface area contributed by atoms with Crippen molar-refractivity contribution < 1.29 is 15.0 Å². The number of hydrogen-bond donors (Lipinski definition) is 2. The smallest absolute Gasteiger partial charge is 0.331 e.